The minimum Gasteiger partial charge on any atom is -0.370 e. The number of fused-ring (bicyclic) bond motifs is 1. The molecule has 0 aliphatic rings. The molecule has 1 aromatic carbocycles. The van der Waals surface area contributed by atoms with Crippen LogP contribution in [0.1, 0.15) is 6.92 Å². The lowest BCUT2D eigenvalue weighted by Gasteiger charge is -2.07. The SMILES string of the molecule is CCNc1nc(-c2cc(F)ccc2F)nc2sccc12. The summed E-state index contributed by atoms with van der Waals surface area (Å²) >= 11 is 1.44. The van der Waals surface area contributed by atoms with Gasteiger partial charge in [-0.2, -0.15) is 0 Å². The summed E-state index contributed by atoms with van der Waals surface area (Å²) in [6.45, 7) is 2.63. The molecule has 0 unspecified atom stereocenters. The Bertz CT molecular complexity index is 770. The molecular weight excluding hydrogens is 280 g/mol. The number of nitrogens with one attached hydrogen (secondary N) is 1. The lowest BCUT2D eigenvalue weighted by molar-refractivity contribution is 0.602. The van der Waals surface area contributed by atoms with Crippen molar-refractivity contribution in [2.45, 2.75) is 6.92 Å². The van der Waals surface area contributed by atoms with Crippen molar-refractivity contribution in [3.05, 3.63) is 41.3 Å². The fourth-order valence-corrected chi connectivity index (χ4v) is 2.71. The fraction of sp³-hybridized carbons (Fsp3) is 0.143. The lowest BCUT2D eigenvalue weighted by Crippen LogP contribution is -2.02. The Kier molecular flexibility index (Phi) is 3.31. The zero-order valence-corrected chi connectivity index (χ0v) is 11.5. The standard InChI is InChI=1S/C14H11F2N3S/c1-2-17-12-9-5-6-20-14(9)19-13(18-12)10-7-8(15)3-4-11(10)16/h3-7H,2H2,1H3,(H,17,18,19). The summed E-state index contributed by atoms with van der Waals surface area (Å²) in [5.74, 6) is -0.226. The van der Waals surface area contributed by atoms with Gasteiger partial charge in [-0.15, -0.1) is 11.3 Å². The molecule has 0 amide bonds. The number of aromatic nitrogens is 2. The highest BCUT2D eigenvalue weighted by molar-refractivity contribution is 7.16. The summed E-state index contributed by atoms with van der Waals surface area (Å²) in [5.41, 5.74) is 0.0689. The average Bonchev–Trinajstić information content (AvgIpc) is 2.90. The van der Waals surface area contributed by atoms with Gasteiger partial charge in [0.15, 0.2) is 5.82 Å². The Labute approximate surface area is 118 Å². The molecule has 3 rings (SSSR count). The number of halogens is 2. The van der Waals surface area contributed by atoms with E-state index in [2.05, 4.69) is 15.3 Å². The first-order valence-electron chi connectivity index (χ1n) is 6.13. The molecular formula is C14H11F2N3S. The molecule has 1 N–H and O–H groups in total. The third-order valence-electron chi connectivity index (χ3n) is 2.84. The average molecular weight is 291 g/mol. The van der Waals surface area contributed by atoms with Crippen molar-refractivity contribution in [3.8, 4) is 11.4 Å². The Balaban J connectivity index is 2.23. The van der Waals surface area contributed by atoms with Gasteiger partial charge in [-0.3, -0.25) is 0 Å². The zero-order valence-electron chi connectivity index (χ0n) is 10.7. The van der Waals surface area contributed by atoms with E-state index in [9.17, 15) is 8.78 Å². The van der Waals surface area contributed by atoms with E-state index in [0.717, 1.165) is 28.4 Å². The summed E-state index contributed by atoms with van der Waals surface area (Å²) < 4.78 is 27.1. The lowest BCUT2D eigenvalue weighted by atomic mass is 10.2. The quantitative estimate of drug-likeness (QED) is 0.790. The molecule has 20 heavy (non-hydrogen) atoms. The highest BCUT2D eigenvalue weighted by Crippen LogP contribution is 2.29. The number of anilines is 1. The van der Waals surface area contributed by atoms with Crippen LogP contribution in [0, 0.1) is 11.6 Å². The largest absolute Gasteiger partial charge is 0.370 e. The predicted molar refractivity (Wildman–Crippen MR) is 76.9 cm³/mol. The molecule has 0 saturated heterocycles. The number of rotatable bonds is 3. The summed E-state index contributed by atoms with van der Waals surface area (Å²) in [7, 11) is 0. The number of nitrogens with zero attached hydrogens (tertiary/aromatic N) is 2. The summed E-state index contributed by atoms with van der Waals surface area (Å²) in [6, 6.07) is 5.18. The van der Waals surface area contributed by atoms with Crippen LogP contribution in [-0.4, -0.2) is 16.5 Å². The molecule has 3 aromatic rings. The molecule has 2 heterocycles. The van der Waals surface area contributed by atoms with Gasteiger partial charge >= 0.3 is 0 Å². The van der Waals surface area contributed by atoms with E-state index in [1.54, 1.807) is 0 Å². The molecule has 3 nitrogen and oxygen atoms in total. The van der Waals surface area contributed by atoms with Crippen molar-refractivity contribution in [1.82, 2.24) is 9.97 Å². The molecule has 6 heteroatoms. The summed E-state index contributed by atoms with van der Waals surface area (Å²) in [5, 5.41) is 5.90. The maximum absolute atomic E-state index is 13.8. The number of benzene rings is 1. The second kappa shape index (κ2) is 5.13. The predicted octanol–water partition coefficient (Wildman–Crippen LogP) is 4.07. The Hall–Kier alpha value is -2.08. The van der Waals surface area contributed by atoms with Gasteiger partial charge in [-0.25, -0.2) is 18.7 Å². The topological polar surface area (TPSA) is 37.8 Å². The summed E-state index contributed by atoms with van der Waals surface area (Å²) in [6.07, 6.45) is 0. The van der Waals surface area contributed by atoms with Gasteiger partial charge in [-0.05, 0) is 36.6 Å². The van der Waals surface area contributed by atoms with Gasteiger partial charge in [0, 0.05) is 6.54 Å². The molecule has 0 spiro atoms. The highest BCUT2D eigenvalue weighted by Gasteiger charge is 2.14. The normalized spacial score (nSPS) is 10.9. The maximum Gasteiger partial charge on any atom is 0.166 e. The Morgan fingerprint density at radius 2 is 2.05 bits per heavy atom. The van der Waals surface area contributed by atoms with E-state index in [1.165, 1.54) is 11.3 Å². The van der Waals surface area contributed by atoms with Gasteiger partial charge in [0.05, 0.1) is 10.9 Å². The van der Waals surface area contributed by atoms with Gasteiger partial charge in [0.1, 0.15) is 22.3 Å². The first-order chi connectivity index (χ1) is 9.69. The first-order valence-corrected chi connectivity index (χ1v) is 7.01. The maximum atomic E-state index is 13.8. The van der Waals surface area contributed by atoms with Crippen LogP contribution in [-0.2, 0) is 0 Å². The van der Waals surface area contributed by atoms with Gasteiger partial charge in [-0.1, -0.05) is 0 Å². The van der Waals surface area contributed by atoms with Crippen LogP contribution in [0.3, 0.4) is 0 Å². The number of hydrogen-bond donors (Lipinski definition) is 1. The van der Waals surface area contributed by atoms with Gasteiger partial charge in [0.25, 0.3) is 0 Å². The molecule has 0 fully saturated rings. The van der Waals surface area contributed by atoms with Gasteiger partial charge in [0.2, 0.25) is 0 Å². The van der Waals surface area contributed by atoms with Crippen LogP contribution in [0.15, 0.2) is 29.6 Å². The number of thiophene rings is 1. The zero-order chi connectivity index (χ0) is 14.1. The van der Waals surface area contributed by atoms with Crippen LogP contribution < -0.4 is 5.32 Å². The monoisotopic (exact) mass is 291 g/mol. The van der Waals surface area contributed by atoms with Crippen molar-refractivity contribution in [1.29, 1.82) is 0 Å². The second-order valence-electron chi connectivity index (χ2n) is 4.19. The van der Waals surface area contributed by atoms with Crippen LogP contribution in [0.4, 0.5) is 14.6 Å². The van der Waals surface area contributed by atoms with Crippen molar-refractivity contribution in [2.24, 2.45) is 0 Å². The van der Waals surface area contributed by atoms with Crippen molar-refractivity contribution >= 4 is 27.4 Å². The Morgan fingerprint density at radius 1 is 1.20 bits per heavy atom. The van der Waals surface area contributed by atoms with Crippen molar-refractivity contribution in [2.75, 3.05) is 11.9 Å². The van der Waals surface area contributed by atoms with Crippen LogP contribution in [0.25, 0.3) is 21.6 Å². The number of hydrogen-bond acceptors (Lipinski definition) is 4. The van der Waals surface area contributed by atoms with Crippen molar-refractivity contribution in [3.63, 3.8) is 0 Å². The molecule has 0 aliphatic heterocycles. The highest BCUT2D eigenvalue weighted by atomic mass is 32.1. The Morgan fingerprint density at radius 3 is 2.85 bits per heavy atom. The molecule has 0 bridgehead atoms. The first kappa shape index (κ1) is 12.9. The molecule has 0 radical (unpaired) electrons. The van der Waals surface area contributed by atoms with Gasteiger partial charge < -0.3 is 5.32 Å². The van der Waals surface area contributed by atoms with Crippen LogP contribution >= 0.6 is 11.3 Å². The van der Waals surface area contributed by atoms with Crippen LogP contribution in [0.5, 0.6) is 0 Å². The third kappa shape index (κ3) is 2.22. The van der Waals surface area contributed by atoms with E-state index in [-0.39, 0.29) is 11.4 Å². The van der Waals surface area contributed by atoms with E-state index >= 15 is 0 Å². The molecule has 102 valence electrons. The molecule has 0 atom stereocenters. The second-order valence-corrected chi connectivity index (χ2v) is 5.08. The third-order valence-corrected chi connectivity index (χ3v) is 3.65. The minimum atomic E-state index is -0.537. The van der Waals surface area contributed by atoms with Crippen LogP contribution in [0.2, 0.25) is 0 Å². The molecule has 2 aromatic heterocycles. The van der Waals surface area contributed by atoms with E-state index in [4.69, 9.17) is 0 Å². The summed E-state index contributed by atoms with van der Waals surface area (Å²) in [4.78, 5) is 9.37. The molecule has 0 aliphatic carbocycles. The minimum absolute atomic E-state index is 0.0689. The van der Waals surface area contributed by atoms with Crippen molar-refractivity contribution < 1.29 is 8.78 Å². The fourth-order valence-electron chi connectivity index (χ4n) is 1.95. The van der Waals surface area contributed by atoms with E-state index < -0.39 is 11.6 Å². The smallest absolute Gasteiger partial charge is 0.166 e. The molecule has 0 saturated carbocycles. The van der Waals surface area contributed by atoms with E-state index in [1.807, 2.05) is 18.4 Å². The van der Waals surface area contributed by atoms with E-state index in [0.29, 0.717) is 12.4 Å².